The van der Waals surface area contributed by atoms with Gasteiger partial charge in [0.1, 0.15) is 9.84 Å². The standard InChI is InChI=1S/C9H19NO2S/c1-8(10)4-6-13(11,12)7-5-9-2-3-9/h8-9H,2-7,10H2,1H3. The summed E-state index contributed by atoms with van der Waals surface area (Å²) in [5, 5.41) is 0. The van der Waals surface area contributed by atoms with E-state index in [0.717, 1.165) is 6.42 Å². The lowest BCUT2D eigenvalue weighted by atomic mass is 10.3. The maximum atomic E-state index is 11.4. The Bertz CT molecular complexity index is 230. The second-order valence-electron chi connectivity index (χ2n) is 4.15. The molecule has 0 saturated heterocycles. The Labute approximate surface area is 80.6 Å². The van der Waals surface area contributed by atoms with Crippen molar-refractivity contribution in [1.82, 2.24) is 0 Å². The fraction of sp³-hybridized carbons (Fsp3) is 1.00. The van der Waals surface area contributed by atoms with Crippen LogP contribution in [0.4, 0.5) is 0 Å². The van der Waals surface area contributed by atoms with Gasteiger partial charge < -0.3 is 5.73 Å². The molecule has 1 fully saturated rings. The topological polar surface area (TPSA) is 60.2 Å². The first-order chi connectivity index (χ1) is 5.99. The van der Waals surface area contributed by atoms with Crippen LogP contribution in [0, 0.1) is 5.92 Å². The van der Waals surface area contributed by atoms with Crippen LogP contribution in [0.5, 0.6) is 0 Å². The monoisotopic (exact) mass is 205 g/mol. The van der Waals surface area contributed by atoms with E-state index in [4.69, 9.17) is 5.73 Å². The molecule has 1 atom stereocenters. The Kier molecular flexibility index (Phi) is 3.74. The minimum Gasteiger partial charge on any atom is -0.328 e. The predicted molar refractivity (Wildman–Crippen MR) is 54.3 cm³/mol. The molecular weight excluding hydrogens is 186 g/mol. The molecule has 3 nitrogen and oxygen atoms in total. The van der Waals surface area contributed by atoms with Crippen LogP contribution in [-0.2, 0) is 9.84 Å². The van der Waals surface area contributed by atoms with E-state index < -0.39 is 9.84 Å². The minimum absolute atomic E-state index is 0.00398. The van der Waals surface area contributed by atoms with Gasteiger partial charge in [0, 0.05) is 6.04 Å². The molecule has 1 rings (SSSR count). The minimum atomic E-state index is -2.81. The van der Waals surface area contributed by atoms with Crippen molar-refractivity contribution in [3.63, 3.8) is 0 Å². The lowest BCUT2D eigenvalue weighted by Gasteiger charge is -2.05. The summed E-state index contributed by atoms with van der Waals surface area (Å²) in [6, 6.07) is -0.00398. The zero-order valence-corrected chi connectivity index (χ0v) is 9.02. The van der Waals surface area contributed by atoms with Crippen LogP contribution in [0.15, 0.2) is 0 Å². The van der Waals surface area contributed by atoms with E-state index >= 15 is 0 Å². The van der Waals surface area contributed by atoms with Crippen LogP contribution >= 0.6 is 0 Å². The molecule has 1 unspecified atom stereocenters. The van der Waals surface area contributed by atoms with Crippen LogP contribution < -0.4 is 5.73 Å². The Balaban J connectivity index is 2.19. The number of rotatable bonds is 6. The maximum Gasteiger partial charge on any atom is 0.150 e. The molecule has 0 bridgehead atoms. The van der Waals surface area contributed by atoms with Gasteiger partial charge in [-0.25, -0.2) is 8.42 Å². The Hall–Kier alpha value is -0.0900. The van der Waals surface area contributed by atoms with Crippen LogP contribution in [0.1, 0.15) is 32.6 Å². The molecule has 0 aliphatic heterocycles. The van der Waals surface area contributed by atoms with E-state index in [1.807, 2.05) is 6.92 Å². The molecule has 1 aliphatic rings. The normalized spacial score (nSPS) is 20.2. The molecule has 78 valence electrons. The summed E-state index contributed by atoms with van der Waals surface area (Å²) in [5.41, 5.74) is 5.50. The summed E-state index contributed by atoms with van der Waals surface area (Å²) in [6.45, 7) is 1.84. The summed E-state index contributed by atoms with van der Waals surface area (Å²) in [4.78, 5) is 0. The first kappa shape index (κ1) is 11.0. The molecule has 4 heteroatoms. The third-order valence-corrected chi connectivity index (χ3v) is 4.13. The number of hydrogen-bond donors (Lipinski definition) is 1. The highest BCUT2D eigenvalue weighted by Crippen LogP contribution is 2.32. The summed E-state index contributed by atoms with van der Waals surface area (Å²) in [5.74, 6) is 1.33. The quantitative estimate of drug-likeness (QED) is 0.702. The van der Waals surface area contributed by atoms with E-state index in [9.17, 15) is 8.42 Å². The van der Waals surface area contributed by atoms with Gasteiger partial charge in [-0.3, -0.25) is 0 Å². The van der Waals surface area contributed by atoms with Gasteiger partial charge in [-0.1, -0.05) is 12.8 Å². The summed E-state index contributed by atoms with van der Waals surface area (Å²) < 4.78 is 22.8. The SMILES string of the molecule is CC(N)CCS(=O)(=O)CCC1CC1. The number of hydrogen-bond acceptors (Lipinski definition) is 3. The van der Waals surface area contributed by atoms with Crippen LogP contribution in [-0.4, -0.2) is 26.0 Å². The second-order valence-corrected chi connectivity index (χ2v) is 6.45. The van der Waals surface area contributed by atoms with Crippen molar-refractivity contribution in [2.75, 3.05) is 11.5 Å². The first-order valence-corrected chi connectivity index (χ1v) is 6.78. The van der Waals surface area contributed by atoms with Crippen molar-refractivity contribution in [3.05, 3.63) is 0 Å². The third kappa shape index (κ3) is 5.26. The van der Waals surface area contributed by atoms with Crippen molar-refractivity contribution in [3.8, 4) is 0 Å². The van der Waals surface area contributed by atoms with Crippen molar-refractivity contribution >= 4 is 9.84 Å². The third-order valence-electron chi connectivity index (χ3n) is 2.42. The van der Waals surface area contributed by atoms with Gasteiger partial charge in [0.25, 0.3) is 0 Å². The Morgan fingerprint density at radius 2 is 2.00 bits per heavy atom. The van der Waals surface area contributed by atoms with E-state index in [-0.39, 0.29) is 11.8 Å². The lowest BCUT2D eigenvalue weighted by Crippen LogP contribution is -2.21. The van der Waals surface area contributed by atoms with Crippen molar-refractivity contribution in [2.45, 2.75) is 38.6 Å². The average molecular weight is 205 g/mol. The van der Waals surface area contributed by atoms with Gasteiger partial charge in [-0.05, 0) is 25.7 Å². The molecule has 2 N–H and O–H groups in total. The highest BCUT2D eigenvalue weighted by molar-refractivity contribution is 7.91. The van der Waals surface area contributed by atoms with Crippen molar-refractivity contribution in [1.29, 1.82) is 0 Å². The molecular formula is C9H19NO2S. The van der Waals surface area contributed by atoms with Crippen LogP contribution in [0.25, 0.3) is 0 Å². The lowest BCUT2D eigenvalue weighted by molar-refractivity contribution is 0.582. The largest absolute Gasteiger partial charge is 0.328 e. The van der Waals surface area contributed by atoms with Gasteiger partial charge in [-0.2, -0.15) is 0 Å². The van der Waals surface area contributed by atoms with Gasteiger partial charge in [0.15, 0.2) is 0 Å². The summed E-state index contributed by atoms with van der Waals surface area (Å²) in [7, 11) is -2.81. The van der Waals surface area contributed by atoms with Crippen LogP contribution in [0.2, 0.25) is 0 Å². The van der Waals surface area contributed by atoms with Crippen molar-refractivity contribution in [2.24, 2.45) is 11.7 Å². The molecule has 0 aromatic rings. The average Bonchev–Trinajstić information content (AvgIpc) is 2.81. The van der Waals surface area contributed by atoms with Gasteiger partial charge >= 0.3 is 0 Å². The zero-order valence-electron chi connectivity index (χ0n) is 8.20. The smallest absolute Gasteiger partial charge is 0.150 e. The number of sulfone groups is 1. The Morgan fingerprint density at radius 3 is 2.46 bits per heavy atom. The van der Waals surface area contributed by atoms with Gasteiger partial charge in [-0.15, -0.1) is 0 Å². The molecule has 0 aromatic carbocycles. The van der Waals surface area contributed by atoms with Crippen molar-refractivity contribution < 1.29 is 8.42 Å². The molecule has 0 spiro atoms. The summed E-state index contributed by atoms with van der Waals surface area (Å²) in [6.07, 6.45) is 3.90. The second kappa shape index (κ2) is 4.42. The van der Waals surface area contributed by atoms with E-state index in [1.165, 1.54) is 12.8 Å². The predicted octanol–water partition coefficient (Wildman–Crippen LogP) is 0.939. The fourth-order valence-electron chi connectivity index (χ4n) is 1.22. The molecule has 13 heavy (non-hydrogen) atoms. The molecule has 1 aliphatic carbocycles. The first-order valence-electron chi connectivity index (χ1n) is 4.95. The van der Waals surface area contributed by atoms with E-state index in [0.29, 0.717) is 18.1 Å². The van der Waals surface area contributed by atoms with Gasteiger partial charge in [0.05, 0.1) is 11.5 Å². The molecule has 0 heterocycles. The molecule has 1 saturated carbocycles. The van der Waals surface area contributed by atoms with Gasteiger partial charge in [0.2, 0.25) is 0 Å². The van der Waals surface area contributed by atoms with Crippen LogP contribution in [0.3, 0.4) is 0 Å². The number of nitrogens with two attached hydrogens (primary N) is 1. The fourth-order valence-corrected chi connectivity index (χ4v) is 2.85. The maximum absolute atomic E-state index is 11.4. The summed E-state index contributed by atoms with van der Waals surface area (Å²) >= 11 is 0. The Morgan fingerprint density at radius 1 is 1.38 bits per heavy atom. The highest BCUT2D eigenvalue weighted by Gasteiger charge is 2.23. The molecule has 0 amide bonds. The zero-order chi connectivity index (χ0) is 9.90. The highest BCUT2D eigenvalue weighted by atomic mass is 32.2. The molecule has 0 radical (unpaired) electrons. The van der Waals surface area contributed by atoms with E-state index in [2.05, 4.69) is 0 Å². The van der Waals surface area contributed by atoms with E-state index in [1.54, 1.807) is 0 Å². The molecule has 0 aromatic heterocycles.